The Kier molecular flexibility index (Phi) is 5.91. The number of nitrogens with one attached hydrogen (secondary N) is 2. The van der Waals surface area contributed by atoms with Crippen LogP contribution < -0.4 is 10.8 Å². The molecule has 0 heterocycles. The Morgan fingerprint density at radius 3 is 2.15 bits per heavy atom. The second-order valence-electron chi connectivity index (χ2n) is 6.00. The van der Waals surface area contributed by atoms with Gasteiger partial charge in [0.25, 0.3) is 5.91 Å². The summed E-state index contributed by atoms with van der Waals surface area (Å²) in [7, 11) is 0. The second kappa shape index (κ2) is 7.94. The van der Waals surface area contributed by atoms with Gasteiger partial charge < -0.3 is 15.5 Å². The average molecular weight is 360 g/mol. The van der Waals surface area contributed by atoms with Crippen LogP contribution >= 0.6 is 0 Å². The molecule has 1 aromatic carbocycles. The van der Waals surface area contributed by atoms with Crippen molar-refractivity contribution in [3.05, 3.63) is 60.2 Å². The minimum Gasteiger partial charge on any atom is -0.480 e. The molecule has 0 saturated heterocycles. The van der Waals surface area contributed by atoms with Crippen LogP contribution in [0.25, 0.3) is 0 Å². The Balaban J connectivity index is 2.26. The van der Waals surface area contributed by atoms with Crippen LogP contribution in [0.1, 0.15) is 18.4 Å². The zero-order valence-electron chi connectivity index (χ0n) is 14.0. The number of carboxylic acid groups (broad SMARTS) is 1. The highest BCUT2D eigenvalue weighted by Crippen LogP contribution is 2.32. The summed E-state index contributed by atoms with van der Waals surface area (Å²) in [6.45, 7) is 1.23. The molecule has 1 aliphatic carbocycles. The third kappa shape index (κ3) is 3.81. The number of hydroxylamine groups is 1. The fourth-order valence-electron chi connectivity index (χ4n) is 2.65. The smallest absolute Gasteiger partial charge is 0.327 e. The number of hydrogen-bond acceptors (Lipinski definition) is 5. The van der Waals surface area contributed by atoms with Gasteiger partial charge in [-0.2, -0.15) is 0 Å². The first-order valence-electron chi connectivity index (χ1n) is 7.92. The van der Waals surface area contributed by atoms with Crippen molar-refractivity contribution in [1.82, 2.24) is 10.8 Å². The van der Waals surface area contributed by atoms with Gasteiger partial charge in [-0.05, 0) is 12.5 Å². The Bertz CT molecular complexity index is 727. The molecule has 0 saturated carbocycles. The van der Waals surface area contributed by atoms with Crippen molar-refractivity contribution < 1.29 is 29.8 Å². The van der Waals surface area contributed by atoms with E-state index in [4.69, 9.17) is 5.21 Å². The summed E-state index contributed by atoms with van der Waals surface area (Å²) in [5, 5.41) is 30.1. The molecule has 26 heavy (non-hydrogen) atoms. The number of hydrogen-bond donors (Lipinski definition) is 5. The number of aliphatic hydroxyl groups is 1. The predicted molar refractivity (Wildman–Crippen MR) is 91.1 cm³/mol. The van der Waals surface area contributed by atoms with E-state index in [1.807, 2.05) is 30.3 Å². The van der Waals surface area contributed by atoms with Gasteiger partial charge in [-0.15, -0.1) is 0 Å². The van der Waals surface area contributed by atoms with Crippen molar-refractivity contribution in [2.45, 2.75) is 25.0 Å². The van der Waals surface area contributed by atoms with Crippen molar-refractivity contribution >= 4 is 17.8 Å². The Labute approximate surface area is 149 Å². The Hall–Kier alpha value is -2.97. The van der Waals surface area contributed by atoms with Crippen LogP contribution in [-0.4, -0.2) is 45.3 Å². The van der Waals surface area contributed by atoms with Gasteiger partial charge in [0, 0.05) is 5.92 Å². The van der Waals surface area contributed by atoms with Crippen molar-refractivity contribution in [2.24, 2.45) is 5.41 Å². The number of carbonyl (C=O) groups excluding carboxylic acids is 2. The lowest BCUT2D eigenvalue weighted by Crippen LogP contribution is -2.56. The summed E-state index contributed by atoms with van der Waals surface area (Å²) in [5.74, 6) is -3.68. The molecular weight excluding hydrogens is 340 g/mol. The highest BCUT2D eigenvalue weighted by molar-refractivity contribution is 6.07. The quantitative estimate of drug-likeness (QED) is 0.215. The molecule has 0 spiro atoms. The third-order valence-electron chi connectivity index (χ3n) is 4.21. The summed E-state index contributed by atoms with van der Waals surface area (Å²) in [5.41, 5.74) is 0.240. The monoisotopic (exact) mass is 360 g/mol. The number of carbonyl (C=O) groups is 3. The van der Waals surface area contributed by atoms with Crippen LogP contribution in [0, 0.1) is 5.41 Å². The summed E-state index contributed by atoms with van der Waals surface area (Å²) in [6, 6.07) is 7.81. The van der Waals surface area contributed by atoms with E-state index in [0.717, 1.165) is 5.56 Å². The van der Waals surface area contributed by atoms with Gasteiger partial charge in [-0.25, -0.2) is 5.48 Å². The van der Waals surface area contributed by atoms with Gasteiger partial charge in [0.15, 0.2) is 5.41 Å². The molecule has 0 aromatic heterocycles. The molecule has 5 N–H and O–H groups in total. The minimum atomic E-state index is -2.02. The maximum absolute atomic E-state index is 12.6. The lowest BCUT2D eigenvalue weighted by molar-refractivity contribution is -0.151. The summed E-state index contributed by atoms with van der Waals surface area (Å²) < 4.78 is 0. The number of aliphatic hydroxyl groups excluding tert-OH is 1. The molecule has 1 aliphatic rings. The van der Waals surface area contributed by atoms with E-state index in [1.165, 1.54) is 24.6 Å². The number of benzene rings is 1. The maximum atomic E-state index is 12.6. The standard InChI is InChI=1S/C18H20N2O6/c1-11(21)14(15(22)20-26)19-16(23)18(17(24)25)9-7-13(8-10-18)12-5-3-2-4-6-12/h2-11,13-14,21,26H,1H3,(H,19,23)(H,20,22)(H,24,25)/t11-,13?,14+,18?/m1/s1. The Morgan fingerprint density at radius 2 is 1.69 bits per heavy atom. The third-order valence-corrected chi connectivity index (χ3v) is 4.21. The highest BCUT2D eigenvalue weighted by atomic mass is 16.5. The molecule has 0 aliphatic heterocycles. The number of rotatable bonds is 6. The first-order chi connectivity index (χ1) is 12.3. The summed E-state index contributed by atoms with van der Waals surface area (Å²) >= 11 is 0. The molecule has 2 atom stereocenters. The number of amides is 2. The van der Waals surface area contributed by atoms with Gasteiger partial charge >= 0.3 is 5.97 Å². The van der Waals surface area contributed by atoms with Gasteiger partial charge in [0.2, 0.25) is 5.91 Å². The lowest BCUT2D eigenvalue weighted by Gasteiger charge is -2.28. The van der Waals surface area contributed by atoms with Crippen LogP contribution in [0.4, 0.5) is 0 Å². The number of allylic oxidation sites excluding steroid dienone is 2. The van der Waals surface area contributed by atoms with Crippen LogP contribution in [-0.2, 0) is 14.4 Å². The van der Waals surface area contributed by atoms with Crippen LogP contribution in [0.5, 0.6) is 0 Å². The van der Waals surface area contributed by atoms with E-state index in [9.17, 15) is 24.6 Å². The molecular formula is C18H20N2O6. The molecule has 0 fully saturated rings. The second-order valence-corrected chi connectivity index (χ2v) is 6.00. The topological polar surface area (TPSA) is 136 Å². The molecule has 0 bridgehead atoms. The molecule has 8 heteroatoms. The molecule has 2 amide bonds. The van der Waals surface area contributed by atoms with E-state index in [-0.39, 0.29) is 5.92 Å². The van der Waals surface area contributed by atoms with Gasteiger partial charge in [0.1, 0.15) is 6.04 Å². The van der Waals surface area contributed by atoms with Crippen LogP contribution in [0.3, 0.4) is 0 Å². The molecule has 0 unspecified atom stereocenters. The minimum absolute atomic E-state index is 0.190. The van der Waals surface area contributed by atoms with Crippen LogP contribution in [0.2, 0.25) is 0 Å². The fourth-order valence-corrected chi connectivity index (χ4v) is 2.65. The van der Waals surface area contributed by atoms with Gasteiger partial charge in [-0.3, -0.25) is 19.6 Å². The highest BCUT2D eigenvalue weighted by Gasteiger charge is 2.45. The lowest BCUT2D eigenvalue weighted by atomic mass is 9.79. The van der Waals surface area contributed by atoms with E-state index in [0.29, 0.717) is 0 Å². The molecule has 1 aromatic rings. The van der Waals surface area contributed by atoms with Crippen molar-refractivity contribution in [3.63, 3.8) is 0 Å². The maximum Gasteiger partial charge on any atom is 0.327 e. The summed E-state index contributed by atoms with van der Waals surface area (Å²) in [4.78, 5) is 35.9. The van der Waals surface area contributed by atoms with E-state index < -0.39 is 35.3 Å². The Morgan fingerprint density at radius 1 is 1.12 bits per heavy atom. The molecule has 0 radical (unpaired) electrons. The van der Waals surface area contributed by atoms with Gasteiger partial charge in [0.05, 0.1) is 6.10 Å². The SMILES string of the molecule is C[C@@H](O)[C@H](NC(=O)C1(C(=O)O)C=CC(c2ccccc2)C=C1)C(=O)NO. The molecule has 8 nitrogen and oxygen atoms in total. The fraction of sp³-hybridized carbons (Fsp3) is 0.278. The van der Waals surface area contributed by atoms with Crippen molar-refractivity contribution in [3.8, 4) is 0 Å². The normalized spacial score (nSPS) is 23.7. The molecule has 138 valence electrons. The largest absolute Gasteiger partial charge is 0.480 e. The van der Waals surface area contributed by atoms with E-state index in [1.54, 1.807) is 12.2 Å². The van der Waals surface area contributed by atoms with E-state index >= 15 is 0 Å². The summed E-state index contributed by atoms with van der Waals surface area (Å²) in [6.07, 6.45) is 4.33. The predicted octanol–water partition coefficient (Wildman–Crippen LogP) is 0.338. The molecule has 2 rings (SSSR count). The zero-order valence-corrected chi connectivity index (χ0v) is 14.0. The van der Waals surface area contributed by atoms with Crippen LogP contribution in [0.15, 0.2) is 54.6 Å². The first-order valence-corrected chi connectivity index (χ1v) is 7.92. The first kappa shape index (κ1) is 19.4. The number of aliphatic carboxylic acids is 1. The van der Waals surface area contributed by atoms with Gasteiger partial charge in [-0.1, -0.05) is 54.6 Å². The van der Waals surface area contributed by atoms with Crippen molar-refractivity contribution in [2.75, 3.05) is 0 Å². The van der Waals surface area contributed by atoms with Crippen molar-refractivity contribution in [1.29, 1.82) is 0 Å². The average Bonchev–Trinajstić information content (AvgIpc) is 2.65. The number of carboxylic acids is 1. The zero-order chi connectivity index (χ0) is 19.3. The van der Waals surface area contributed by atoms with E-state index in [2.05, 4.69) is 5.32 Å².